The third-order valence-electron chi connectivity index (χ3n) is 20.9. The highest BCUT2D eigenvalue weighted by Crippen LogP contribution is 2.25. The van der Waals surface area contributed by atoms with Crippen LogP contribution < -0.4 is 92.1 Å². The summed E-state index contributed by atoms with van der Waals surface area (Å²) in [5, 5.41) is 80.5. The number of aliphatic hydroxyl groups is 1. The number of phenols is 1. The second kappa shape index (κ2) is 47.4. The van der Waals surface area contributed by atoms with E-state index in [9.17, 15) is 43.8 Å². The number of benzene rings is 3. The Kier molecular flexibility index (Phi) is 38.1. The average Bonchev–Trinajstić information content (AvgIpc) is 1.57. The molecule has 0 aliphatic carbocycles. The number of para-hydroxylation sites is 2. The number of hydrogen-bond donors (Lipinski definition) is 24. The molecule has 0 radical (unpaired) electrons. The summed E-state index contributed by atoms with van der Waals surface area (Å²) in [6.45, 7) is 10.6. The van der Waals surface area contributed by atoms with Crippen LogP contribution in [0.4, 0.5) is 0 Å². The molecular formula is C80H120N24O15S. The van der Waals surface area contributed by atoms with Crippen LogP contribution in [0.3, 0.4) is 0 Å². The van der Waals surface area contributed by atoms with E-state index in [0.29, 0.717) is 38.5 Å². The van der Waals surface area contributed by atoms with Crippen LogP contribution in [-0.4, -0.2) is 249 Å². The fraction of sp³-hybridized carbons (Fsp3) is 0.525. The van der Waals surface area contributed by atoms with Crippen molar-refractivity contribution in [2.75, 3.05) is 51.8 Å². The molecular weight excluding hydrogens is 1570 g/mol. The number of H-pyrrole nitrogens is 2. The molecule has 1 aliphatic heterocycles. The first-order valence-corrected chi connectivity index (χ1v) is 41.3. The molecule has 1 fully saturated rings. The Morgan fingerprint density at radius 3 is 1.41 bits per heavy atom. The SMILES string of the molecule is CC[C@H](C)[C@@H]1NC(=O)[C@H](CCCNC(=N)N)NC(=O)[C@H]([C@@H](C)CC)N(C)C(=O)[C@H](Cc2ccc(O)cc2)NC(=O)CSC[C@@H](C(N)=O)N(C)C(=O)[C@H](Cc2c[nH]c3ccccc23)NC(=O)[C@H](CC(C)C)NC(=O)[C@H](Cc2c[nH]c3ccccc23)NC(=O)[C@@H](C)NC(=O)[C@H](CO)NC(=O)[C@H](CCCNC(=N)N)NC(=O)[C@H](CCCNC(=N)N)NC1=O. The van der Waals surface area contributed by atoms with Crippen molar-refractivity contribution in [3.63, 3.8) is 0 Å². The molecule has 39 nitrogen and oxygen atoms in total. The van der Waals surface area contributed by atoms with Crippen LogP contribution >= 0.6 is 11.8 Å². The molecule has 2 aromatic heterocycles. The number of thioether (sulfide) groups is 1. The second-order valence-electron chi connectivity index (χ2n) is 30.6. The van der Waals surface area contributed by atoms with Gasteiger partial charge >= 0.3 is 0 Å². The Bertz CT molecular complexity index is 4410. The van der Waals surface area contributed by atoms with E-state index in [1.54, 1.807) is 102 Å². The van der Waals surface area contributed by atoms with Crippen LogP contribution in [0.5, 0.6) is 5.75 Å². The summed E-state index contributed by atoms with van der Waals surface area (Å²) >= 11 is 0.872. The Balaban J connectivity index is 1.47. The first-order chi connectivity index (χ1) is 56.9. The lowest BCUT2D eigenvalue weighted by atomic mass is 9.94. The van der Waals surface area contributed by atoms with Crippen LogP contribution in [0.25, 0.3) is 21.8 Å². The number of hydrogen-bond acceptors (Lipinski definition) is 19. The minimum Gasteiger partial charge on any atom is -0.508 e. The van der Waals surface area contributed by atoms with Gasteiger partial charge in [0.05, 0.1) is 12.4 Å². The van der Waals surface area contributed by atoms with Gasteiger partial charge in [0.15, 0.2) is 17.9 Å². The second-order valence-corrected chi connectivity index (χ2v) is 31.6. The molecule has 40 heteroatoms. The van der Waals surface area contributed by atoms with Crippen molar-refractivity contribution in [1.82, 2.24) is 88.9 Å². The van der Waals surface area contributed by atoms with Crippen molar-refractivity contribution in [3.05, 3.63) is 102 Å². The van der Waals surface area contributed by atoms with Crippen molar-refractivity contribution < 1.29 is 72.5 Å². The van der Waals surface area contributed by atoms with Crippen LogP contribution in [-0.2, 0) is 81.6 Å². The number of primary amides is 1. The largest absolute Gasteiger partial charge is 0.508 e. The van der Waals surface area contributed by atoms with Crippen LogP contribution in [0.1, 0.15) is 123 Å². The molecule has 6 rings (SSSR count). The topological polar surface area (TPSA) is 632 Å². The fourth-order valence-corrected chi connectivity index (χ4v) is 14.8. The summed E-state index contributed by atoms with van der Waals surface area (Å²) in [5.41, 5.74) is 25.8. The normalized spacial score (nSPS) is 23.3. The maximum atomic E-state index is 15.3. The number of aliphatic hydroxyl groups excluding tert-OH is 1. The number of amides is 13. The van der Waals surface area contributed by atoms with Gasteiger partial charge in [-0.3, -0.25) is 78.6 Å². The third kappa shape index (κ3) is 29.4. The molecule has 1 saturated heterocycles. The summed E-state index contributed by atoms with van der Waals surface area (Å²) in [6.07, 6.45) is 2.73. The lowest BCUT2D eigenvalue weighted by molar-refractivity contribution is -0.144. The van der Waals surface area contributed by atoms with Gasteiger partial charge in [-0.1, -0.05) is 103 Å². The molecule has 656 valence electrons. The van der Waals surface area contributed by atoms with Crippen molar-refractivity contribution in [2.24, 2.45) is 40.7 Å². The molecule has 0 bridgehead atoms. The van der Waals surface area contributed by atoms with E-state index in [1.807, 2.05) is 0 Å². The number of guanidine groups is 3. The van der Waals surface area contributed by atoms with E-state index >= 15 is 28.8 Å². The molecule has 0 spiro atoms. The molecule has 5 aromatic rings. The first-order valence-electron chi connectivity index (χ1n) is 40.1. The number of carbonyl (C=O) groups is 13. The summed E-state index contributed by atoms with van der Waals surface area (Å²) in [7, 11) is 2.64. The number of fused-ring (bicyclic) bond motifs is 2. The zero-order valence-corrected chi connectivity index (χ0v) is 70.1. The van der Waals surface area contributed by atoms with E-state index in [0.717, 1.165) is 21.6 Å². The van der Waals surface area contributed by atoms with Crippen molar-refractivity contribution in [2.45, 2.75) is 198 Å². The zero-order chi connectivity index (χ0) is 88.6. The van der Waals surface area contributed by atoms with E-state index in [-0.39, 0.29) is 114 Å². The minimum atomic E-state index is -1.83. The average molecular weight is 1690 g/mol. The highest BCUT2D eigenvalue weighted by Gasteiger charge is 2.41. The zero-order valence-electron chi connectivity index (χ0n) is 69.3. The minimum absolute atomic E-state index is 0.00218. The van der Waals surface area contributed by atoms with Gasteiger partial charge in [0.25, 0.3) is 0 Å². The maximum Gasteiger partial charge on any atom is 0.245 e. The molecule has 1 aliphatic rings. The predicted octanol–water partition coefficient (Wildman–Crippen LogP) is -1.94. The summed E-state index contributed by atoms with van der Waals surface area (Å²) in [4.78, 5) is 201. The summed E-state index contributed by atoms with van der Waals surface area (Å²) < 4.78 is 0. The lowest BCUT2D eigenvalue weighted by Crippen LogP contribution is -2.62. The van der Waals surface area contributed by atoms with Crippen LogP contribution in [0.2, 0.25) is 0 Å². The monoisotopic (exact) mass is 1690 g/mol. The number of phenolic OH excluding ortho intramolecular Hbond substituents is 1. The Morgan fingerprint density at radius 1 is 0.500 bits per heavy atom. The van der Waals surface area contributed by atoms with E-state index < -0.39 is 191 Å². The van der Waals surface area contributed by atoms with Gasteiger partial charge in [0, 0.05) is 92.9 Å². The third-order valence-corrected chi connectivity index (χ3v) is 21.9. The molecule has 3 heterocycles. The predicted molar refractivity (Wildman–Crippen MR) is 453 cm³/mol. The highest BCUT2D eigenvalue weighted by atomic mass is 32.2. The molecule has 14 atom stereocenters. The number of aromatic hydroxyl groups is 1. The van der Waals surface area contributed by atoms with Crippen LogP contribution in [0.15, 0.2) is 85.2 Å². The maximum absolute atomic E-state index is 15.3. The molecule has 13 amide bonds. The van der Waals surface area contributed by atoms with Crippen molar-refractivity contribution in [1.29, 1.82) is 16.2 Å². The summed E-state index contributed by atoms with van der Waals surface area (Å²) in [5.74, 6) is -15.7. The number of nitrogens with two attached hydrogens (primary N) is 4. The molecule has 0 unspecified atom stereocenters. The van der Waals surface area contributed by atoms with Gasteiger partial charge in [0.2, 0.25) is 76.8 Å². The number of nitrogens with zero attached hydrogens (tertiary/aromatic N) is 2. The number of likely N-dealkylation sites (N-methyl/N-ethyl adjacent to an activating group) is 2. The Morgan fingerprint density at radius 2 is 0.917 bits per heavy atom. The fourth-order valence-electron chi connectivity index (χ4n) is 13.8. The number of aromatic nitrogens is 2. The molecule has 3 aromatic carbocycles. The van der Waals surface area contributed by atoms with Gasteiger partial charge in [0.1, 0.15) is 78.3 Å². The summed E-state index contributed by atoms with van der Waals surface area (Å²) in [6, 6.07) is 1.92. The van der Waals surface area contributed by atoms with Gasteiger partial charge in [-0.15, -0.1) is 11.8 Å². The lowest BCUT2D eigenvalue weighted by Gasteiger charge is -2.35. The molecule has 0 saturated carbocycles. The number of carbonyl (C=O) groups excluding carboxylic acids is 13. The number of nitrogens with one attached hydrogen (secondary N) is 18. The van der Waals surface area contributed by atoms with Gasteiger partial charge in [-0.2, -0.15) is 0 Å². The smallest absolute Gasteiger partial charge is 0.245 e. The Labute approximate surface area is 700 Å². The van der Waals surface area contributed by atoms with E-state index in [2.05, 4.69) is 79.1 Å². The molecule has 28 N–H and O–H groups in total. The van der Waals surface area contributed by atoms with E-state index in [1.165, 1.54) is 45.3 Å². The van der Waals surface area contributed by atoms with Gasteiger partial charge in [-0.25, -0.2) is 0 Å². The van der Waals surface area contributed by atoms with E-state index in [4.69, 9.17) is 39.2 Å². The highest BCUT2D eigenvalue weighted by molar-refractivity contribution is 8.00. The number of aromatic amines is 2. The quantitative estimate of drug-likeness (QED) is 0.0163. The standard InChI is InChI=1S/C80H120N24O15S/c1-10-43(5)64-74(116)96-55(24-17-31-89-79(84)85)68(110)95-54(23-16-30-88-78(82)83)69(111)101-61(39-105)73(115)93-45(7)67(109)98-58(35-47-37-91-52-21-14-12-19-50(47)52)72(114)99-57(33-42(3)4)71(113)100-60(36-48-38-92-53-22-15-13-20-51(48)53)76(118)103(8)62(66(81)108)40-120-41-63(107)94-59(34-46-26-28-49(106)29-27-46)77(119)104(9)65(44(6)11-2)75(117)97-56(70(112)102-64)25-18-32-90-80(86)87/h12-15,19-22,26-29,37-38,42-45,54-62,64-65,91-92,105-106H,10-11,16-18,23-25,30-36,39-41H2,1-9H3,(H2,81,108)(H,93,115)(H,94,107)(H,95,110)(H,96,116)(H,97,117)(H,98,109)(H,99,114)(H,100,113)(H,101,111)(H,102,112)(H4,82,83,88)(H4,84,85,89)(H4,86,87,90)/t43-,44-,45+,54-,55-,56-,57-,58-,59-,60-,61-,62-,64-,65-/m0/s1. The van der Waals surface area contributed by atoms with Gasteiger partial charge < -0.3 is 122 Å². The Hall–Kier alpha value is -12.2. The number of rotatable bonds is 26. The van der Waals surface area contributed by atoms with Crippen LogP contribution in [0, 0.1) is 34.0 Å². The first kappa shape index (κ1) is 96.6. The van der Waals surface area contributed by atoms with Crippen molar-refractivity contribution in [3.8, 4) is 5.75 Å². The van der Waals surface area contributed by atoms with Gasteiger partial charge in [-0.05, 0) is 111 Å². The van der Waals surface area contributed by atoms with Crippen molar-refractivity contribution >= 4 is 128 Å². The molecule has 120 heavy (non-hydrogen) atoms.